The minimum atomic E-state index is 0.409. The highest BCUT2D eigenvalue weighted by atomic mass is 16.5. The van der Waals surface area contributed by atoms with Crippen molar-refractivity contribution in [2.75, 3.05) is 27.2 Å². The van der Waals surface area contributed by atoms with Crippen LogP contribution in [0.4, 0.5) is 0 Å². The number of hydrogen-bond donors (Lipinski definition) is 0. The summed E-state index contributed by atoms with van der Waals surface area (Å²) in [5, 5.41) is 0. The highest BCUT2D eigenvalue weighted by Gasteiger charge is 2.07. The summed E-state index contributed by atoms with van der Waals surface area (Å²) in [5.41, 5.74) is 3.73. The molecule has 0 N–H and O–H groups in total. The Morgan fingerprint density at radius 2 is 1.38 bits per heavy atom. The third-order valence-electron chi connectivity index (χ3n) is 4.65. The maximum absolute atomic E-state index is 9.97. The largest absolute Gasteiger partial charge is 0.492 e. The van der Waals surface area contributed by atoms with E-state index < -0.39 is 0 Å². The predicted octanol–water partition coefficient (Wildman–Crippen LogP) is 5.21. The summed E-state index contributed by atoms with van der Waals surface area (Å²) in [6.45, 7) is 3.89. The summed E-state index contributed by atoms with van der Waals surface area (Å²) in [6.07, 6.45) is 1.44. The molecule has 152 valence electrons. The molecule has 0 bridgehead atoms. The number of carbonyl (C=O) groups excluding carboxylic acids is 1. The average molecular weight is 390 g/mol. The maximum atomic E-state index is 9.97. The van der Waals surface area contributed by atoms with Gasteiger partial charge in [0.25, 0.3) is 0 Å². The average Bonchev–Trinajstić information content (AvgIpc) is 2.76. The molecule has 0 saturated carbocycles. The van der Waals surface area contributed by atoms with E-state index in [1.54, 1.807) is 0 Å². The number of benzene rings is 3. The molecule has 0 aliphatic carbocycles. The zero-order chi connectivity index (χ0) is 20.9. The molecule has 0 amide bonds. The Morgan fingerprint density at radius 1 is 0.828 bits per heavy atom. The number of hydrogen-bond acceptors (Lipinski definition) is 3. The van der Waals surface area contributed by atoms with E-state index in [4.69, 9.17) is 4.74 Å². The Bertz CT molecular complexity index is 814. The van der Waals surface area contributed by atoms with Crippen LogP contribution in [0.15, 0.2) is 84.9 Å². The summed E-state index contributed by atoms with van der Waals surface area (Å²) in [7, 11) is 4.10. The van der Waals surface area contributed by atoms with Gasteiger partial charge in [0, 0.05) is 18.9 Å². The highest BCUT2D eigenvalue weighted by molar-refractivity contribution is 5.54. The molecule has 0 heterocycles. The van der Waals surface area contributed by atoms with Crippen LogP contribution in [0.1, 0.15) is 29.5 Å². The van der Waals surface area contributed by atoms with Crippen molar-refractivity contribution in [3.8, 4) is 5.75 Å². The molecule has 29 heavy (non-hydrogen) atoms. The van der Waals surface area contributed by atoms with E-state index in [1.165, 1.54) is 11.1 Å². The number of nitrogens with zero attached hydrogens (tertiary/aromatic N) is 1. The molecule has 0 aliphatic heterocycles. The number of aldehydes is 1. The van der Waals surface area contributed by atoms with Crippen LogP contribution >= 0.6 is 0 Å². The van der Waals surface area contributed by atoms with E-state index in [0.717, 1.165) is 30.8 Å². The standard InChI is InChI=1S/C18H23NO.C8H8O/c1-15(16-7-5-4-6-8-16)17-9-11-18(12-10-17)20-14-13-19(2)3;9-7-6-8-4-2-1-3-5-8/h4-12,15H,13-14H2,1-3H3;1-5,7H,6H2. The third-order valence-corrected chi connectivity index (χ3v) is 4.65. The molecule has 0 aromatic heterocycles. The molecule has 3 aromatic rings. The lowest BCUT2D eigenvalue weighted by Gasteiger charge is -2.14. The first kappa shape index (κ1) is 22.4. The van der Waals surface area contributed by atoms with Crippen molar-refractivity contribution in [2.24, 2.45) is 0 Å². The normalized spacial score (nSPS) is 11.3. The fourth-order valence-corrected chi connectivity index (χ4v) is 2.84. The van der Waals surface area contributed by atoms with Gasteiger partial charge >= 0.3 is 0 Å². The van der Waals surface area contributed by atoms with Crippen molar-refractivity contribution < 1.29 is 9.53 Å². The second kappa shape index (κ2) is 12.5. The number of ether oxygens (including phenoxy) is 1. The summed E-state index contributed by atoms with van der Waals surface area (Å²) in [4.78, 5) is 12.1. The molecule has 1 atom stereocenters. The van der Waals surface area contributed by atoms with E-state index in [0.29, 0.717) is 12.3 Å². The van der Waals surface area contributed by atoms with Crippen LogP contribution < -0.4 is 4.74 Å². The monoisotopic (exact) mass is 389 g/mol. The fourth-order valence-electron chi connectivity index (χ4n) is 2.84. The van der Waals surface area contributed by atoms with Crippen LogP contribution in [0.5, 0.6) is 5.75 Å². The highest BCUT2D eigenvalue weighted by Crippen LogP contribution is 2.25. The molecule has 3 rings (SSSR count). The van der Waals surface area contributed by atoms with E-state index in [-0.39, 0.29) is 0 Å². The molecule has 0 fully saturated rings. The zero-order valence-corrected chi connectivity index (χ0v) is 17.6. The van der Waals surface area contributed by atoms with Gasteiger partial charge in [-0.2, -0.15) is 0 Å². The summed E-state index contributed by atoms with van der Waals surface area (Å²) < 4.78 is 5.72. The van der Waals surface area contributed by atoms with Gasteiger partial charge in [0.05, 0.1) is 0 Å². The number of likely N-dealkylation sites (N-methyl/N-ethyl adjacent to an activating group) is 1. The maximum Gasteiger partial charge on any atom is 0.124 e. The zero-order valence-electron chi connectivity index (χ0n) is 17.6. The van der Waals surface area contributed by atoms with E-state index in [9.17, 15) is 4.79 Å². The first-order chi connectivity index (χ1) is 14.1. The van der Waals surface area contributed by atoms with Gasteiger partial charge in [-0.25, -0.2) is 0 Å². The van der Waals surface area contributed by atoms with Gasteiger partial charge in [0.15, 0.2) is 0 Å². The molecule has 0 aliphatic rings. The van der Waals surface area contributed by atoms with Crippen LogP contribution in [0.25, 0.3) is 0 Å². The summed E-state index contributed by atoms with van der Waals surface area (Å²) in [6, 6.07) is 28.7. The van der Waals surface area contributed by atoms with Crippen molar-refractivity contribution >= 4 is 6.29 Å². The fraction of sp³-hybridized carbons (Fsp3) is 0.269. The quantitative estimate of drug-likeness (QED) is 0.496. The van der Waals surface area contributed by atoms with Gasteiger partial charge in [0.1, 0.15) is 18.6 Å². The first-order valence-electron chi connectivity index (χ1n) is 10.00. The van der Waals surface area contributed by atoms with Crippen molar-refractivity contribution in [1.82, 2.24) is 4.90 Å². The van der Waals surface area contributed by atoms with E-state index >= 15 is 0 Å². The van der Waals surface area contributed by atoms with Crippen LogP contribution in [-0.2, 0) is 11.2 Å². The minimum absolute atomic E-state index is 0.409. The number of rotatable bonds is 8. The molecule has 0 radical (unpaired) electrons. The van der Waals surface area contributed by atoms with Gasteiger partial charge in [0.2, 0.25) is 0 Å². The van der Waals surface area contributed by atoms with Gasteiger partial charge < -0.3 is 14.4 Å². The lowest BCUT2D eigenvalue weighted by atomic mass is 9.93. The topological polar surface area (TPSA) is 29.5 Å². The Hall–Kier alpha value is -2.91. The minimum Gasteiger partial charge on any atom is -0.492 e. The molecular weight excluding hydrogens is 358 g/mol. The Labute approximate surface area is 175 Å². The molecule has 0 saturated heterocycles. The Kier molecular flexibility index (Phi) is 9.67. The second-order valence-corrected chi connectivity index (χ2v) is 7.21. The molecule has 3 nitrogen and oxygen atoms in total. The molecule has 3 aromatic carbocycles. The van der Waals surface area contributed by atoms with Crippen LogP contribution in [-0.4, -0.2) is 38.4 Å². The molecular formula is C26H31NO2. The molecule has 1 unspecified atom stereocenters. The van der Waals surface area contributed by atoms with Gasteiger partial charge in [-0.1, -0.05) is 79.7 Å². The van der Waals surface area contributed by atoms with Crippen LogP contribution in [0.2, 0.25) is 0 Å². The van der Waals surface area contributed by atoms with Gasteiger partial charge in [-0.3, -0.25) is 0 Å². The first-order valence-corrected chi connectivity index (χ1v) is 10.00. The van der Waals surface area contributed by atoms with Gasteiger partial charge in [-0.05, 0) is 42.9 Å². The van der Waals surface area contributed by atoms with Crippen LogP contribution in [0.3, 0.4) is 0 Å². The Balaban J connectivity index is 0.000000278. The molecule has 0 spiro atoms. The lowest BCUT2D eigenvalue weighted by Crippen LogP contribution is -2.19. The van der Waals surface area contributed by atoms with Crippen molar-refractivity contribution in [1.29, 1.82) is 0 Å². The Morgan fingerprint density at radius 3 is 1.93 bits per heavy atom. The summed E-state index contributed by atoms with van der Waals surface area (Å²) >= 11 is 0. The van der Waals surface area contributed by atoms with Crippen molar-refractivity contribution in [2.45, 2.75) is 19.3 Å². The van der Waals surface area contributed by atoms with E-state index in [2.05, 4.69) is 66.4 Å². The predicted molar refractivity (Wildman–Crippen MR) is 121 cm³/mol. The third kappa shape index (κ3) is 8.32. The smallest absolute Gasteiger partial charge is 0.124 e. The van der Waals surface area contributed by atoms with Crippen molar-refractivity contribution in [3.63, 3.8) is 0 Å². The lowest BCUT2D eigenvalue weighted by molar-refractivity contribution is -0.107. The molecule has 3 heteroatoms. The van der Waals surface area contributed by atoms with Crippen molar-refractivity contribution in [3.05, 3.63) is 102 Å². The summed E-state index contributed by atoms with van der Waals surface area (Å²) in [5.74, 6) is 1.35. The second-order valence-electron chi connectivity index (χ2n) is 7.21. The SMILES string of the molecule is CC(c1ccccc1)c1ccc(OCCN(C)C)cc1.O=CCc1ccccc1. The number of carbonyl (C=O) groups is 1. The van der Waals surface area contributed by atoms with Crippen LogP contribution in [0, 0.1) is 0 Å². The van der Waals surface area contributed by atoms with Gasteiger partial charge in [-0.15, -0.1) is 0 Å². The van der Waals surface area contributed by atoms with E-state index in [1.807, 2.05) is 44.4 Å².